The van der Waals surface area contributed by atoms with Crippen LogP contribution < -0.4 is 14.8 Å². The third kappa shape index (κ3) is 4.63. The molecule has 2 aromatic rings. The van der Waals surface area contributed by atoms with E-state index in [1.807, 2.05) is 43.3 Å². The van der Waals surface area contributed by atoms with Crippen LogP contribution in [-0.4, -0.2) is 19.6 Å². The number of aryl methyl sites for hydroxylation is 1. The summed E-state index contributed by atoms with van der Waals surface area (Å²) < 4.78 is 10.9. The third-order valence-corrected chi connectivity index (χ3v) is 3.92. The molecule has 0 heterocycles. The van der Waals surface area contributed by atoms with Crippen LogP contribution in [0.4, 0.5) is 5.69 Å². The molecule has 0 aliphatic carbocycles. The predicted octanol–water partition coefficient (Wildman–Crippen LogP) is 4.94. The van der Waals surface area contributed by atoms with Crippen LogP contribution in [0, 0.1) is 6.92 Å². The fourth-order valence-corrected chi connectivity index (χ4v) is 2.56. The van der Waals surface area contributed by atoms with Gasteiger partial charge in [0.05, 0.1) is 7.11 Å². The van der Waals surface area contributed by atoms with E-state index in [0.717, 1.165) is 28.3 Å². The number of methoxy groups -OCH3 is 1. The second-order valence-electron chi connectivity index (χ2n) is 6.14. The van der Waals surface area contributed by atoms with E-state index in [1.54, 1.807) is 13.2 Å². The molecule has 1 amide bonds. The topological polar surface area (TPSA) is 47.6 Å². The lowest BCUT2D eigenvalue weighted by atomic mass is 9.96. The van der Waals surface area contributed by atoms with Crippen LogP contribution in [-0.2, 0) is 0 Å². The maximum absolute atomic E-state index is 12.7. The van der Waals surface area contributed by atoms with Crippen molar-refractivity contribution in [2.24, 2.45) is 0 Å². The van der Waals surface area contributed by atoms with E-state index in [0.29, 0.717) is 12.2 Å². The average molecular weight is 339 g/mol. The van der Waals surface area contributed by atoms with Crippen LogP contribution in [0.3, 0.4) is 0 Å². The van der Waals surface area contributed by atoms with Gasteiger partial charge in [-0.25, -0.2) is 0 Å². The predicted molar refractivity (Wildman–Crippen MR) is 102 cm³/mol. The van der Waals surface area contributed by atoms with E-state index in [1.165, 1.54) is 0 Å². The number of amides is 1. The molecule has 0 unspecified atom stereocenters. The number of anilines is 1. The van der Waals surface area contributed by atoms with E-state index in [-0.39, 0.29) is 11.8 Å². The number of nitrogens with one attached hydrogen (secondary N) is 1. The minimum atomic E-state index is -0.137. The Hall–Kier alpha value is -2.75. The standard InChI is InChI=1S/C21H25NO3/c1-6-11-25-17-9-7-16(8-10-17)22-21(23)19-13-18(14(2)3)20(24-5)12-15(19)4/h6-10,12-14H,1,11H2,2-5H3,(H,22,23). The molecule has 4 heteroatoms. The lowest BCUT2D eigenvalue weighted by molar-refractivity contribution is 0.102. The molecule has 0 saturated heterocycles. The second kappa shape index (κ2) is 8.38. The van der Waals surface area contributed by atoms with Crippen LogP contribution in [0.5, 0.6) is 11.5 Å². The van der Waals surface area contributed by atoms with Crippen molar-refractivity contribution in [3.8, 4) is 11.5 Å². The first-order valence-electron chi connectivity index (χ1n) is 8.30. The van der Waals surface area contributed by atoms with Gasteiger partial charge in [0.1, 0.15) is 18.1 Å². The summed E-state index contributed by atoms with van der Waals surface area (Å²) in [7, 11) is 1.65. The van der Waals surface area contributed by atoms with Gasteiger partial charge in [-0.3, -0.25) is 4.79 Å². The lowest BCUT2D eigenvalue weighted by Crippen LogP contribution is -2.14. The molecule has 4 nitrogen and oxygen atoms in total. The summed E-state index contributed by atoms with van der Waals surface area (Å²) in [6, 6.07) is 11.1. The van der Waals surface area contributed by atoms with E-state index in [9.17, 15) is 4.79 Å². The molecule has 1 N–H and O–H groups in total. The maximum atomic E-state index is 12.7. The Labute approximate surface area is 149 Å². The van der Waals surface area contributed by atoms with Crippen molar-refractivity contribution in [3.63, 3.8) is 0 Å². The molecule has 0 aromatic heterocycles. The molecule has 0 saturated carbocycles. The summed E-state index contributed by atoms with van der Waals surface area (Å²) >= 11 is 0. The van der Waals surface area contributed by atoms with Gasteiger partial charge >= 0.3 is 0 Å². The average Bonchev–Trinajstić information content (AvgIpc) is 2.60. The highest BCUT2D eigenvalue weighted by Gasteiger charge is 2.16. The smallest absolute Gasteiger partial charge is 0.255 e. The molecule has 2 aromatic carbocycles. The summed E-state index contributed by atoms with van der Waals surface area (Å²) in [5.74, 6) is 1.68. The number of hydrogen-bond donors (Lipinski definition) is 1. The molecule has 0 atom stereocenters. The Bertz CT molecular complexity index is 748. The second-order valence-corrected chi connectivity index (χ2v) is 6.14. The number of ether oxygens (including phenoxy) is 2. The summed E-state index contributed by atoms with van der Waals surface area (Å²) in [4.78, 5) is 12.7. The van der Waals surface area contributed by atoms with Crippen molar-refractivity contribution in [1.82, 2.24) is 0 Å². The van der Waals surface area contributed by atoms with Gasteiger partial charge in [-0.15, -0.1) is 0 Å². The van der Waals surface area contributed by atoms with Gasteiger partial charge in [0.2, 0.25) is 0 Å². The molecular weight excluding hydrogens is 314 g/mol. The van der Waals surface area contributed by atoms with Crippen molar-refractivity contribution in [3.05, 3.63) is 65.7 Å². The van der Waals surface area contributed by atoms with Crippen molar-refractivity contribution < 1.29 is 14.3 Å². The summed E-state index contributed by atoms with van der Waals surface area (Å²) in [5, 5.41) is 2.93. The number of benzene rings is 2. The monoisotopic (exact) mass is 339 g/mol. The SMILES string of the molecule is C=CCOc1ccc(NC(=O)c2cc(C(C)C)c(OC)cc2C)cc1. The number of carbonyl (C=O) groups excluding carboxylic acids is 1. The zero-order valence-electron chi connectivity index (χ0n) is 15.3. The van der Waals surface area contributed by atoms with Gasteiger partial charge in [0.25, 0.3) is 5.91 Å². The minimum absolute atomic E-state index is 0.137. The van der Waals surface area contributed by atoms with Crippen LogP contribution >= 0.6 is 0 Å². The molecule has 0 aliphatic rings. The molecule has 2 rings (SSSR count). The van der Waals surface area contributed by atoms with Crippen molar-refractivity contribution in [2.75, 3.05) is 19.0 Å². The first-order valence-corrected chi connectivity index (χ1v) is 8.30. The highest BCUT2D eigenvalue weighted by atomic mass is 16.5. The zero-order chi connectivity index (χ0) is 18.4. The quantitative estimate of drug-likeness (QED) is 0.727. The van der Waals surface area contributed by atoms with Crippen LogP contribution in [0.15, 0.2) is 49.1 Å². The molecule has 132 valence electrons. The molecule has 0 aliphatic heterocycles. The van der Waals surface area contributed by atoms with E-state index in [2.05, 4.69) is 25.7 Å². The molecule has 0 fully saturated rings. The van der Waals surface area contributed by atoms with Gasteiger partial charge in [-0.1, -0.05) is 26.5 Å². The van der Waals surface area contributed by atoms with Crippen molar-refractivity contribution in [2.45, 2.75) is 26.7 Å². The molecule has 0 spiro atoms. The minimum Gasteiger partial charge on any atom is -0.496 e. The summed E-state index contributed by atoms with van der Waals surface area (Å²) in [6.45, 7) is 10.1. The van der Waals surface area contributed by atoms with Gasteiger partial charge in [0, 0.05) is 11.3 Å². The Morgan fingerprint density at radius 3 is 2.48 bits per heavy atom. The molecular formula is C21H25NO3. The van der Waals surface area contributed by atoms with E-state index in [4.69, 9.17) is 9.47 Å². The van der Waals surface area contributed by atoms with Gasteiger partial charge in [-0.05, 0) is 60.4 Å². The zero-order valence-corrected chi connectivity index (χ0v) is 15.3. The fourth-order valence-electron chi connectivity index (χ4n) is 2.56. The Balaban J connectivity index is 2.20. The number of carbonyl (C=O) groups is 1. The number of hydrogen-bond acceptors (Lipinski definition) is 3. The van der Waals surface area contributed by atoms with Crippen LogP contribution in [0.1, 0.15) is 41.3 Å². The third-order valence-electron chi connectivity index (χ3n) is 3.92. The lowest BCUT2D eigenvalue weighted by Gasteiger charge is -2.16. The molecule has 25 heavy (non-hydrogen) atoms. The molecule has 0 bridgehead atoms. The highest BCUT2D eigenvalue weighted by molar-refractivity contribution is 6.05. The summed E-state index contributed by atoms with van der Waals surface area (Å²) in [6.07, 6.45) is 1.69. The van der Waals surface area contributed by atoms with Gasteiger partial charge in [-0.2, -0.15) is 0 Å². The van der Waals surface area contributed by atoms with E-state index >= 15 is 0 Å². The number of rotatable bonds is 7. The van der Waals surface area contributed by atoms with Crippen molar-refractivity contribution in [1.29, 1.82) is 0 Å². The van der Waals surface area contributed by atoms with Gasteiger partial charge < -0.3 is 14.8 Å². The summed E-state index contributed by atoms with van der Waals surface area (Å²) in [5.41, 5.74) is 3.27. The maximum Gasteiger partial charge on any atom is 0.255 e. The fraction of sp³-hybridized carbons (Fsp3) is 0.286. The first-order chi connectivity index (χ1) is 12.0. The normalized spacial score (nSPS) is 10.4. The highest BCUT2D eigenvalue weighted by Crippen LogP contribution is 2.30. The van der Waals surface area contributed by atoms with Crippen molar-refractivity contribution >= 4 is 11.6 Å². The van der Waals surface area contributed by atoms with Gasteiger partial charge in [0.15, 0.2) is 0 Å². The Morgan fingerprint density at radius 1 is 1.24 bits per heavy atom. The first kappa shape index (κ1) is 18.6. The molecule has 0 radical (unpaired) electrons. The van der Waals surface area contributed by atoms with Crippen LogP contribution in [0.25, 0.3) is 0 Å². The van der Waals surface area contributed by atoms with E-state index < -0.39 is 0 Å². The Morgan fingerprint density at radius 2 is 1.92 bits per heavy atom. The van der Waals surface area contributed by atoms with Crippen LogP contribution in [0.2, 0.25) is 0 Å². The Kier molecular flexibility index (Phi) is 6.23. The largest absolute Gasteiger partial charge is 0.496 e.